The van der Waals surface area contributed by atoms with E-state index in [1.165, 1.54) is 4.31 Å². The number of carbonyl (C=O) groups excluding carboxylic acids is 1. The Morgan fingerprint density at radius 2 is 2.09 bits per heavy atom. The van der Waals surface area contributed by atoms with Crippen LogP contribution in [0.1, 0.15) is 35.7 Å². The van der Waals surface area contributed by atoms with Gasteiger partial charge in [-0.15, -0.1) is 0 Å². The molecule has 1 aliphatic rings. The van der Waals surface area contributed by atoms with Crippen molar-refractivity contribution in [1.29, 1.82) is 0 Å². The Balaban J connectivity index is 2.16. The number of sulfonamides is 1. The fourth-order valence-electron chi connectivity index (χ4n) is 2.60. The highest BCUT2D eigenvalue weighted by Gasteiger charge is 2.28. The maximum absolute atomic E-state index is 12.2. The first kappa shape index (κ1) is 17.3. The van der Waals surface area contributed by atoms with Gasteiger partial charge in [0.25, 0.3) is 5.91 Å². The Labute approximate surface area is 135 Å². The molecule has 8 heteroatoms. The largest absolute Gasteiger partial charge is 0.481 e. The summed E-state index contributed by atoms with van der Waals surface area (Å²) < 4.78 is 25.2. The van der Waals surface area contributed by atoms with Crippen molar-refractivity contribution in [2.45, 2.75) is 32.7 Å². The van der Waals surface area contributed by atoms with Gasteiger partial charge >= 0.3 is 5.97 Å². The summed E-state index contributed by atoms with van der Waals surface area (Å²) in [5, 5.41) is 11.3. The van der Waals surface area contributed by atoms with Gasteiger partial charge in [0.1, 0.15) is 0 Å². The predicted octanol–water partition coefficient (Wildman–Crippen LogP) is 1.13. The van der Waals surface area contributed by atoms with Gasteiger partial charge in [-0.1, -0.05) is 0 Å². The van der Waals surface area contributed by atoms with Gasteiger partial charge in [-0.3, -0.25) is 13.9 Å². The summed E-state index contributed by atoms with van der Waals surface area (Å²) in [6.45, 7) is 3.79. The van der Waals surface area contributed by atoms with Crippen LogP contribution < -0.4 is 9.62 Å². The molecule has 0 aliphatic carbocycles. The van der Waals surface area contributed by atoms with Crippen LogP contribution >= 0.6 is 0 Å². The molecule has 126 valence electrons. The molecule has 1 fully saturated rings. The molecule has 1 aromatic rings. The monoisotopic (exact) mass is 340 g/mol. The van der Waals surface area contributed by atoms with E-state index in [1.807, 2.05) is 0 Å². The van der Waals surface area contributed by atoms with Crippen LogP contribution in [0.2, 0.25) is 0 Å². The van der Waals surface area contributed by atoms with E-state index in [1.54, 1.807) is 32.0 Å². The number of carbonyl (C=O) groups is 2. The Bertz CT molecular complexity index is 729. The molecule has 0 spiro atoms. The number of benzene rings is 1. The molecule has 1 aliphatic heterocycles. The number of aliphatic carboxylic acids is 1. The smallest absolute Gasteiger partial charge is 0.305 e. The Kier molecular flexibility index (Phi) is 4.93. The van der Waals surface area contributed by atoms with Crippen LogP contribution in [0.4, 0.5) is 5.69 Å². The van der Waals surface area contributed by atoms with E-state index in [9.17, 15) is 18.0 Å². The van der Waals surface area contributed by atoms with E-state index in [0.29, 0.717) is 29.8 Å². The van der Waals surface area contributed by atoms with E-state index >= 15 is 0 Å². The molecule has 2 N–H and O–H groups in total. The van der Waals surface area contributed by atoms with Crippen LogP contribution in [0, 0.1) is 6.92 Å². The highest BCUT2D eigenvalue weighted by molar-refractivity contribution is 7.93. The van der Waals surface area contributed by atoms with Crippen LogP contribution in [0.15, 0.2) is 18.2 Å². The number of hydrogen-bond acceptors (Lipinski definition) is 4. The molecule has 1 aromatic carbocycles. The standard InChI is InChI=1S/C15H20N2O5S/c1-10-8-12(17-6-3-7-23(17,21)22)4-5-13(10)15(20)16-11(2)9-14(18)19/h4-5,8,11H,3,6-7,9H2,1-2H3,(H,16,20)(H,18,19). The minimum Gasteiger partial charge on any atom is -0.481 e. The van der Waals surface area contributed by atoms with Crippen molar-refractivity contribution in [3.8, 4) is 0 Å². The molecule has 7 nitrogen and oxygen atoms in total. The highest BCUT2D eigenvalue weighted by atomic mass is 32.2. The number of anilines is 1. The lowest BCUT2D eigenvalue weighted by molar-refractivity contribution is -0.137. The number of hydrogen-bond donors (Lipinski definition) is 2. The molecule has 1 heterocycles. The maximum Gasteiger partial charge on any atom is 0.305 e. The summed E-state index contributed by atoms with van der Waals surface area (Å²) in [4.78, 5) is 22.8. The number of nitrogens with zero attached hydrogens (tertiary/aromatic N) is 1. The summed E-state index contributed by atoms with van der Waals surface area (Å²) in [5.74, 6) is -1.21. The number of amides is 1. The normalized spacial score (nSPS) is 17.7. The molecule has 23 heavy (non-hydrogen) atoms. The van der Waals surface area contributed by atoms with Gasteiger partial charge in [0.05, 0.1) is 17.9 Å². The molecule has 0 radical (unpaired) electrons. The molecule has 0 aromatic heterocycles. The van der Waals surface area contributed by atoms with E-state index in [0.717, 1.165) is 0 Å². The minimum atomic E-state index is -3.25. The van der Waals surface area contributed by atoms with Crippen LogP contribution in [-0.2, 0) is 14.8 Å². The molecular formula is C15H20N2O5S. The minimum absolute atomic E-state index is 0.140. The Hall–Kier alpha value is -2.09. The summed E-state index contributed by atoms with van der Waals surface area (Å²) >= 11 is 0. The zero-order valence-electron chi connectivity index (χ0n) is 13.1. The van der Waals surface area contributed by atoms with Crippen LogP contribution in [-0.4, -0.2) is 43.7 Å². The van der Waals surface area contributed by atoms with Crippen LogP contribution in [0.3, 0.4) is 0 Å². The second kappa shape index (κ2) is 6.57. The van der Waals surface area contributed by atoms with Crippen molar-refractivity contribution in [2.24, 2.45) is 0 Å². The quantitative estimate of drug-likeness (QED) is 0.836. The summed E-state index contributed by atoms with van der Waals surface area (Å²) in [6, 6.07) is 4.35. The number of carboxylic acid groups (broad SMARTS) is 1. The first-order valence-electron chi connectivity index (χ1n) is 7.34. The van der Waals surface area contributed by atoms with Crippen LogP contribution in [0.5, 0.6) is 0 Å². The number of carboxylic acids is 1. The summed E-state index contributed by atoms with van der Waals surface area (Å²) in [5.41, 5.74) is 1.60. The van der Waals surface area contributed by atoms with Gasteiger partial charge < -0.3 is 10.4 Å². The van der Waals surface area contributed by atoms with Gasteiger partial charge in [-0.25, -0.2) is 8.42 Å². The molecule has 2 rings (SSSR count). The van der Waals surface area contributed by atoms with Crippen molar-refractivity contribution in [3.05, 3.63) is 29.3 Å². The van der Waals surface area contributed by atoms with Crippen molar-refractivity contribution in [2.75, 3.05) is 16.6 Å². The molecule has 1 amide bonds. The van der Waals surface area contributed by atoms with E-state index < -0.39 is 22.0 Å². The zero-order chi connectivity index (χ0) is 17.2. The summed E-state index contributed by atoms with van der Waals surface area (Å²) in [6.07, 6.45) is 0.436. The molecule has 1 saturated heterocycles. The van der Waals surface area contributed by atoms with E-state index in [2.05, 4.69) is 5.32 Å². The van der Waals surface area contributed by atoms with Crippen LogP contribution in [0.25, 0.3) is 0 Å². The van der Waals surface area contributed by atoms with Crippen molar-refractivity contribution >= 4 is 27.6 Å². The molecule has 0 bridgehead atoms. The molecular weight excluding hydrogens is 320 g/mol. The molecule has 1 unspecified atom stereocenters. The van der Waals surface area contributed by atoms with Gasteiger partial charge in [0.2, 0.25) is 10.0 Å². The molecule has 0 saturated carbocycles. The van der Waals surface area contributed by atoms with Gasteiger partial charge in [-0.2, -0.15) is 0 Å². The first-order chi connectivity index (χ1) is 10.7. The van der Waals surface area contributed by atoms with Gasteiger partial charge in [0, 0.05) is 18.2 Å². The van der Waals surface area contributed by atoms with Crippen molar-refractivity contribution < 1.29 is 23.1 Å². The lowest BCUT2D eigenvalue weighted by atomic mass is 10.1. The zero-order valence-corrected chi connectivity index (χ0v) is 13.9. The number of aryl methyl sites for hydroxylation is 1. The Morgan fingerprint density at radius 3 is 2.61 bits per heavy atom. The van der Waals surface area contributed by atoms with Crippen molar-refractivity contribution in [3.63, 3.8) is 0 Å². The lowest BCUT2D eigenvalue weighted by Gasteiger charge is -2.19. The third kappa shape index (κ3) is 4.01. The topological polar surface area (TPSA) is 104 Å². The average molecular weight is 340 g/mol. The second-order valence-corrected chi connectivity index (χ2v) is 7.73. The fraction of sp³-hybridized carbons (Fsp3) is 0.467. The second-order valence-electron chi connectivity index (χ2n) is 5.71. The maximum atomic E-state index is 12.2. The number of rotatable bonds is 5. The summed E-state index contributed by atoms with van der Waals surface area (Å²) in [7, 11) is -3.25. The van der Waals surface area contributed by atoms with E-state index in [4.69, 9.17) is 5.11 Å². The Morgan fingerprint density at radius 1 is 1.39 bits per heavy atom. The highest BCUT2D eigenvalue weighted by Crippen LogP contribution is 2.26. The van der Waals surface area contributed by atoms with Crippen molar-refractivity contribution in [1.82, 2.24) is 5.32 Å². The van der Waals surface area contributed by atoms with E-state index in [-0.39, 0.29) is 18.1 Å². The van der Waals surface area contributed by atoms with Gasteiger partial charge in [0.15, 0.2) is 0 Å². The predicted molar refractivity (Wildman–Crippen MR) is 86.1 cm³/mol. The fourth-order valence-corrected chi connectivity index (χ4v) is 4.16. The van der Waals surface area contributed by atoms with Gasteiger partial charge in [-0.05, 0) is 44.0 Å². The average Bonchev–Trinajstić information content (AvgIpc) is 2.76. The third-order valence-electron chi connectivity index (χ3n) is 3.70. The SMILES string of the molecule is Cc1cc(N2CCCS2(=O)=O)ccc1C(=O)NC(C)CC(=O)O. The number of nitrogens with one attached hydrogen (secondary N) is 1. The first-order valence-corrected chi connectivity index (χ1v) is 8.95. The lowest BCUT2D eigenvalue weighted by Crippen LogP contribution is -2.34. The third-order valence-corrected chi connectivity index (χ3v) is 5.57. The molecule has 1 atom stereocenters.